The molecule has 0 atom stereocenters. The minimum atomic E-state index is 0. The summed E-state index contributed by atoms with van der Waals surface area (Å²) >= 11 is 5.13. The molecule has 0 aromatic carbocycles. The summed E-state index contributed by atoms with van der Waals surface area (Å²) in [6.45, 7) is 0.743. The van der Waals surface area contributed by atoms with E-state index in [0.717, 1.165) is 13.0 Å². The van der Waals surface area contributed by atoms with Gasteiger partial charge in [-0.05, 0) is 41.0 Å². The van der Waals surface area contributed by atoms with Gasteiger partial charge in [0.2, 0.25) is 0 Å². The average Bonchev–Trinajstić information content (AvgIpc) is 2.17. The Bertz CT molecular complexity index is 190. The second-order valence-electron chi connectivity index (χ2n) is 1.74. The first kappa shape index (κ1) is 10.4. The molecule has 58 valence electrons. The zero-order chi connectivity index (χ0) is 6.69. The van der Waals surface area contributed by atoms with Crippen molar-refractivity contribution in [3.8, 4) is 0 Å². The van der Waals surface area contributed by atoms with Crippen molar-refractivity contribution in [2.75, 3.05) is 6.54 Å². The van der Waals surface area contributed by atoms with Crippen molar-refractivity contribution in [1.82, 2.24) is 0 Å². The van der Waals surface area contributed by atoms with Crippen molar-refractivity contribution in [1.29, 1.82) is 0 Å². The maximum absolute atomic E-state index is 5.36. The Balaban J connectivity index is 0.000000810. The molecule has 1 heterocycles. The fraction of sp³-hybridized carbons (Fsp3) is 0.333. The van der Waals surface area contributed by atoms with Crippen LogP contribution in [0.2, 0.25) is 0 Å². The molecule has 0 amide bonds. The van der Waals surface area contributed by atoms with Gasteiger partial charge in [0.15, 0.2) is 0 Å². The molecule has 1 aromatic rings. The first-order valence-corrected chi connectivity index (χ1v) is 4.38. The summed E-state index contributed by atoms with van der Waals surface area (Å²) in [4.78, 5) is 1.35. The SMILES string of the molecule is Cl.NCCc1ccc(Br)s1. The minimum Gasteiger partial charge on any atom is -0.330 e. The van der Waals surface area contributed by atoms with Crippen LogP contribution < -0.4 is 5.73 Å². The minimum absolute atomic E-state index is 0. The van der Waals surface area contributed by atoms with Gasteiger partial charge in [-0.2, -0.15) is 0 Å². The number of nitrogens with two attached hydrogens (primary N) is 1. The summed E-state index contributed by atoms with van der Waals surface area (Å²) in [6.07, 6.45) is 0.996. The average molecular weight is 243 g/mol. The zero-order valence-electron chi connectivity index (χ0n) is 5.34. The second kappa shape index (κ2) is 5.13. The lowest BCUT2D eigenvalue weighted by molar-refractivity contribution is 0.989. The molecule has 1 rings (SSSR count). The number of hydrogen-bond acceptors (Lipinski definition) is 2. The third-order valence-corrected chi connectivity index (χ3v) is 2.70. The van der Waals surface area contributed by atoms with E-state index in [-0.39, 0.29) is 12.4 Å². The van der Waals surface area contributed by atoms with Gasteiger partial charge in [-0.25, -0.2) is 0 Å². The van der Waals surface area contributed by atoms with Gasteiger partial charge >= 0.3 is 0 Å². The zero-order valence-corrected chi connectivity index (χ0v) is 8.56. The molecule has 0 fully saturated rings. The molecule has 1 aromatic heterocycles. The van der Waals surface area contributed by atoms with Crippen LogP contribution in [0.4, 0.5) is 0 Å². The molecular formula is C6H9BrClNS. The van der Waals surface area contributed by atoms with E-state index < -0.39 is 0 Å². The highest BCUT2D eigenvalue weighted by Gasteiger charge is 1.93. The maximum atomic E-state index is 5.36. The molecule has 0 aliphatic heterocycles. The third-order valence-electron chi connectivity index (χ3n) is 1.02. The van der Waals surface area contributed by atoms with Gasteiger partial charge in [-0.3, -0.25) is 0 Å². The normalized spacial score (nSPS) is 9.00. The lowest BCUT2D eigenvalue weighted by atomic mass is 10.3. The van der Waals surface area contributed by atoms with Crippen LogP contribution in [0.15, 0.2) is 15.9 Å². The lowest BCUT2D eigenvalue weighted by Crippen LogP contribution is -2.00. The van der Waals surface area contributed by atoms with E-state index in [4.69, 9.17) is 5.73 Å². The molecule has 0 spiro atoms. The largest absolute Gasteiger partial charge is 0.330 e. The first-order chi connectivity index (χ1) is 4.33. The predicted octanol–water partition coefficient (Wildman–Crippen LogP) is 2.43. The van der Waals surface area contributed by atoms with E-state index in [1.807, 2.05) is 0 Å². The van der Waals surface area contributed by atoms with Crippen LogP contribution in [0, 0.1) is 0 Å². The van der Waals surface area contributed by atoms with Gasteiger partial charge in [0.25, 0.3) is 0 Å². The molecule has 10 heavy (non-hydrogen) atoms. The fourth-order valence-corrected chi connectivity index (χ4v) is 2.13. The Kier molecular flexibility index (Phi) is 5.35. The highest BCUT2D eigenvalue weighted by atomic mass is 79.9. The van der Waals surface area contributed by atoms with E-state index in [1.54, 1.807) is 11.3 Å². The molecule has 0 saturated carbocycles. The van der Waals surface area contributed by atoms with Crippen molar-refractivity contribution in [2.45, 2.75) is 6.42 Å². The van der Waals surface area contributed by atoms with Gasteiger partial charge in [-0.1, -0.05) is 0 Å². The van der Waals surface area contributed by atoms with Gasteiger partial charge < -0.3 is 5.73 Å². The van der Waals surface area contributed by atoms with Crippen LogP contribution in [-0.2, 0) is 6.42 Å². The molecule has 1 nitrogen and oxygen atoms in total. The van der Waals surface area contributed by atoms with Crippen LogP contribution in [0.25, 0.3) is 0 Å². The summed E-state index contributed by atoms with van der Waals surface area (Å²) in [5.74, 6) is 0. The standard InChI is InChI=1S/C6H8BrNS.ClH/c7-6-2-1-5(9-6)3-4-8;/h1-2H,3-4,8H2;1H. The summed E-state index contributed by atoms with van der Waals surface area (Å²) in [6, 6.07) is 4.15. The molecule has 4 heteroatoms. The Morgan fingerprint density at radius 1 is 1.50 bits per heavy atom. The van der Waals surface area contributed by atoms with Crippen LogP contribution in [-0.4, -0.2) is 6.54 Å². The van der Waals surface area contributed by atoms with Crippen LogP contribution in [0.5, 0.6) is 0 Å². The molecule has 0 unspecified atom stereocenters. The molecule has 0 bridgehead atoms. The highest BCUT2D eigenvalue weighted by molar-refractivity contribution is 9.11. The second-order valence-corrected chi connectivity index (χ2v) is 4.29. The smallest absolute Gasteiger partial charge is 0.0701 e. The summed E-state index contributed by atoms with van der Waals surface area (Å²) in [5.41, 5.74) is 5.36. The van der Waals surface area contributed by atoms with Crippen molar-refractivity contribution in [3.05, 3.63) is 20.8 Å². The van der Waals surface area contributed by atoms with Gasteiger partial charge in [0.1, 0.15) is 0 Å². The fourth-order valence-electron chi connectivity index (χ4n) is 0.628. The summed E-state index contributed by atoms with van der Waals surface area (Å²) < 4.78 is 1.19. The van der Waals surface area contributed by atoms with Crippen LogP contribution >= 0.6 is 39.7 Å². The maximum Gasteiger partial charge on any atom is 0.0701 e. The van der Waals surface area contributed by atoms with E-state index in [2.05, 4.69) is 28.1 Å². The van der Waals surface area contributed by atoms with Crippen molar-refractivity contribution in [2.24, 2.45) is 5.73 Å². The molecule has 0 saturated heterocycles. The monoisotopic (exact) mass is 241 g/mol. The third kappa shape index (κ3) is 3.01. The van der Waals surface area contributed by atoms with Crippen molar-refractivity contribution < 1.29 is 0 Å². The van der Waals surface area contributed by atoms with E-state index in [0.29, 0.717) is 0 Å². The van der Waals surface area contributed by atoms with Crippen LogP contribution in [0.3, 0.4) is 0 Å². The lowest BCUT2D eigenvalue weighted by Gasteiger charge is -1.86. The van der Waals surface area contributed by atoms with Crippen molar-refractivity contribution in [3.63, 3.8) is 0 Å². The number of hydrogen-bond donors (Lipinski definition) is 1. The van der Waals surface area contributed by atoms with Gasteiger partial charge in [-0.15, -0.1) is 23.7 Å². The molecule has 2 N–H and O–H groups in total. The van der Waals surface area contributed by atoms with Gasteiger partial charge in [0.05, 0.1) is 3.79 Å². The topological polar surface area (TPSA) is 26.0 Å². The Morgan fingerprint density at radius 3 is 2.60 bits per heavy atom. The molecule has 0 aliphatic rings. The highest BCUT2D eigenvalue weighted by Crippen LogP contribution is 2.21. The van der Waals surface area contributed by atoms with E-state index >= 15 is 0 Å². The first-order valence-electron chi connectivity index (χ1n) is 2.77. The molecular weight excluding hydrogens is 233 g/mol. The van der Waals surface area contributed by atoms with Crippen LogP contribution in [0.1, 0.15) is 4.88 Å². The Hall–Kier alpha value is 0.430. The van der Waals surface area contributed by atoms with Gasteiger partial charge in [0, 0.05) is 4.88 Å². The predicted molar refractivity (Wildman–Crippen MR) is 52.0 cm³/mol. The van der Waals surface area contributed by atoms with E-state index in [1.165, 1.54) is 8.66 Å². The molecule has 0 aliphatic carbocycles. The number of thiophene rings is 1. The Morgan fingerprint density at radius 2 is 2.20 bits per heavy atom. The quantitative estimate of drug-likeness (QED) is 0.847. The summed E-state index contributed by atoms with van der Waals surface area (Å²) in [7, 11) is 0. The number of halogens is 2. The molecule has 0 radical (unpaired) electrons. The summed E-state index contributed by atoms with van der Waals surface area (Å²) in [5, 5.41) is 0. The van der Waals surface area contributed by atoms with Crippen molar-refractivity contribution >= 4 is 39.7 Å². The Labute approximate surface area is 79.2 Å². The number of rotatable bonds is 2. The van der Waals surface area contributed by atoms with E-state index in [9.17, 15) is 0 Å².